The molecule has 0 aliphatic carbocycles. The van der Waals surface area contributed by atoms with E-state index >= 15 is 0 Å². The van der Waals surface area contributed by atoms with Gasteiger partial charge in [0, 0.05) is 28.4 Å². The molecular formula is C19H17ClN2O4S2. The first-order chi connectivity index (χ1) is 13.4. The van der Waals surface area contributed by atoms with Crippen LogP contribution in [0.2, 0.25) is 5.02 Å². The number of fused-ring (bicyclic) bond motifs is 1. The number of carbonyl (C=O) groups excluding carboxylic acids is 1. The van der Waals surface area contributed by atoms with Gasteiger partial charge >= 0.3 is 0 Å². The van der Waals surface area contributed by atoms with E-state index in [1.54, 1.807) is 12.1 Å². The lowest BCUT2D eigenvalue weighted by molar-refractivity contribution is -0.00188. The van der Waals surface area contributed by atoms with Crippen LogP contribution in [0.25, 0.3) is 10.1 Å². The molecule has 2 N–H and O–H groups in total. The van der Waals surface area contributed by atoms with Crippen molar-refractivity contribution in [3.63, 3.8) is 0 Å². The number of halogens is 1. The van der Waals surface area contributed by atoms with Gasteiger partial charge < -0.3 is 10.5 Å². The Kier molecular flexibility index (Phi) is 5.15. The number of benzene rings is 2. The molecule has 0 spiro atoms. The highest BCUT2D eigenvalue weighted by Gasteiger charge is 2.34. The summed E-state index contributed by atoms with van der Waals surface area (Å²) in [5.74, 6) is -0.544. The van der Waals surface area contributed by atoms with Gasteiger partial charge in [0.05, 0.1) is 22.5 Å². The highest BCUT2D eigenvalue weighted by Crippen LogP contribution is 2.38. The molecule has 1 atom stereocenters. The van der Waals surface area contributed by atoms with Gasteiger partial charge in [0.1, 0.15) is 0 Å². The molecule has 146 valence electrons. The van der Waals surface area contributed by atoms with Crippen molar-refractivity contribution in [1.29, 1.82) is 0 Å². The Balaban J connectivity index is 1.72. The summed E-state index contributed by atoms with van der Waals surface area (Å²) in [6.45, 7) is 0.557. The minimum absolute atomic E-state index is 0.103. The lowest BCUT2D eigenvalue weighted by atomic mass is 10.0. The van der Waals surface area contributed by atoms with E-state index in [-0.39, 0.29) is 24.6 Å². The molecule has 0 radical (unpaired) electrons. The number of thiophene rings is 1. The number of sulfonamides is 1. The van der Waals surface area contributed by atoms with E-state index in [0.29, 0.717) is 15.5 Å². The van der Waals surface area contributed by atoms with Crippen molar-refractivity contribution < 1.29 is 17.9 Å². The van der Waals surface area contributed by atoms with E-state index in [1.165, 1.54) is 27.8 Å². The van der Waals surface area contributed by atoms with Crippen LogP contribution in [0, 0.1) is 0 Å². The first-order valence-electron chi connectivity index (χ1n) is 8.56. The van der Waals surface area contributed by atoms with Gasteiger partial charge in [0.25, 0.3) is 5.91 Å². The van der Waals surface area contributed by atoms with Crippen LogP contribution in [0.3, 0.4) is 0 Å². The average molecular weight is 437 g/mol. The maximum absolute atomic E-state index is 13.0. The molecule has 1 fully saturated rings. The summed E-state index contributed by atoms with van der Waals surface area (Å²) in [5.41, 5.74) is 6.24. The van der Waals surface area contributed by atoms with Crippen molar-refractivity contribution in [2.24, 2.45) is 5.73 Å². The second kappa shape index (κ2) is 7.46. The molecule has 1 aliphatic heterocycles. The third-order valence-corrected chi connectivity index (χ3v) is 7.99. The molecule has 1 aliphatic rings. The van der Waals surface area contributed by atoms with E-state index < -0.39 is 22.0 Å². The summed E-state index contributed by atoms with van der Waals surface area (Å²) < 4.78 is 34.2. The predicted octanol–water partition coefficient (Wildman–Crippen LogP) is 3.42. The molecule has 3 aromatic rings. The monoisotopic (exact) mass is 436 g/mol. The molecule has 1 amide bonds. The van der Waals surface area contributed by atoms with E-state index in [1.807, 2.05) is 24.3 Å². The fourth-order valence-corrected chi connectivity index (χ4v) is 6.00. The predicted molar refractivity (Wildman–Crippen MR) is 109 cm³/mol. The van der Waals surface area contributed by atoms with Crippen LogP contribution < -0.4 is 5.73 Å². The van der Waals surface area contributed by atoms with Crippen LogP contribution in [-0.2, 0) is 14.8 Å². The zero-order chi connectivity index (χ0) is 19.9. The molecule has 9 heteroatoms. The number of carbonyl (C=O) groups is 1. The van der Waals surface area contributed by atoms with Gasteiger partial charge in [-0.25, -0.2) is 8.42 Å². The second-order valence-electron chi connectivity index (χ2n) is 6.38. The molecule has 1 aromatic heterocycles. The maximum atomic E-state index is 13.0. The van der Waals surface area contributed by atoms with Gasteiger partial charge in [-0.2, -0.15) is 4.31 Å². The van der Waals surface area contributed by atoms with Crippen LogP contribution in [0.4, 0.5) is 0 Å². The lowest BCUT2D eigenvalue weighted by Crippen LogP contribution is -2.42. The number of ether oxygens (including phenoxy) is 1. The maximum Gasteiger partial charge on any atom is 0.259 e. The summed E-state index contributed by atoms with van der Waals surface area (Å²) in [6, 6.07) is 13.6. The van der Waals surface area contributed by atoms with Crippen LogP contribution in [0.5, 0.6) is 0 Å². The lowest BCUT2D eigenvalue weighted by Gasteiger charge is -2.32. The Morgan fingerprint density at radius 1 is 1.18 bits per heavy atom. The number of hydrogen-bond acceptors (Lipinski definition) is 5. The average Bonchev–Trinajstić information content (AvgIpc) is 3.08. The fraction of sp³-hybridized carbons (Fsp3) is 0.211. The molecule has 0 bridgehead atoms. The quantitative estimate of drug-likeness (QED) is 0.678. The fourth-order valence-electron chi connectivity index (χ4n) is 3.34. The molecular weight excluding hydrogens is 420 g/mol. The molecule has 6 nitrogen and oxygen atoms in total. The second-order valence-corrected chi connectivity index (χ2v) is 9.81. The Hall–Kier alpha value is -1.97. The van der Waals surface area contributed by atoms with Gasteiger partial charge in [0.2, 0.25) is 10.0 Å². The number of amides is 1. The summed E-state index contributed by atoms with van der Waals surface area (Å²) in [7, 11) is -3.71. The first-order valence-corrected chi connectivity index (χ1v) is 11.2. The van der Waals surface area contributed by atoms with Crippen LogP contribution in [-0.4, -0.2) is 38.3 Å². The Labute approximate surface area is 171 Å². The SMILES string of the molecule is NC(=O)c1sc2ccccc2c1[C@@H]1CN(S(=O)(=O)c2ccc(Cl)cc2)CCO1. The molecule has 4 rings (SSSR count). The molecule has 28 heavy (non-hydrogen) atoms. The summed E-state index contributed by atoms with van der Waals surface area (Å²) >= 11 is 7.16. The van der Waals surface area contributed by atoms with Crippen LogP contribution >= 0.6 is 22.9 Å². The standard InChI is InChI=1S/C19H17ClN2O4S2/c20-12-5-7-13(8-6-12)28(24,25)22-9-10-26-15(11-22)17-14-3-1-2-4-16(14)27-18(17)19(21)23/h1-8,15H,9-11H2,(H2,21,23)/t15-/m0/s1. The van der Waals surface area contributed by atoms with Crippen molar-refractivity contribution in [3.05, 3.63) is 64.0 Å². The third-order valence-electron chi connectivity index (χ3n) is 4.66. The number of rotatable bonds is 4. The summed E-state index contributed by atoms with van der Waals surface area (Å²) in [5, 5.41) is 1.33. The van der Waals surface area contributed by atoms with Gasteiger partial charge in [-0.05, 0) is 35.7 Å². The highest BCUT2D eigenvalue weighted by molar-refractivity contribution is 7.89. The Morgan fingerprint density at radius 3 is 2.61 bits per heavy atom. The number of primary amides is 1. The zero-order valence-electron chi connectivity index (χ0n) is 14.7. The van der Waals surface area contributed by atoms with E-state index in [2.05, 4.69) is 0 Å². The molecule has 0 unspecified atom stereocenters. The summed E-state index contributed by atoms with van der Waals surface area (Å²) in [6.07, 6.45) is -0.575. The molecule has 0 saturated carbocycles. The van der Waals surface area contributed by atoms with E-state index in [0.717, 1.165) is 10.1 Å². The largest absolute Gasteiger partial charge is 0.371 e. The van der Waals surface area contributed by atoms with Crippen LogP contribution in [0.1, 0.15) is 21.3 Å². The van der Waals surface area contributed by atoms with Gasteiger partial charge in [-0.1, -0.05) is 29.8 Å². The third kappa shape index (κ3) is 3.42. The Morgan fingerprint density at radius 2 is 1.89 bits per heavy atom. The molecule has 2 aromatic carbocycles. The van der Waals surface area contributed by atoms with Gasteiger partial charge in [-0.15, -0.1) is 11.3 Å². The number of nitrogens with two attached hydrogens (primary N) is 1. The molecule has 1 saturated heterocycles. The topological polar surface area (TPSA) is 89.7 Å². The van der Waals surface area contributed by atoms with E-state index in [9.17, 15) is 13.2 Å². The Bertz CT molecular complexity index is 1140. The van der Waals surface area contributed by atoms with Crippen molar-refractivity contribution in [1.82, 2.24) is 4.31 Å². The number of hydrogen-bond donors (Lipinski definition) is 1. The summed E-state index contributed by atoms with van der Waals surface area (Å²) in [4.78, 5) is 12.6. The zero-order valence-corrected chi connectivity index (χ0v) is 17.1. The smallest absolute Gasteiger partial charge is 0.259 e. The number of morpholine rings is 1. The normalized spacial score (nSPS) is 18.4. The van der Waals surface area contributed by atoms with Crippen molar-refractivity contribution in [3.8, 4) is 0 Å². The first kappa shape index (κ1) is 19.4. The minimum atomic E-state index is -3.71. The van der Waals surface area contributed by atoms with Crippen molar-refractivity contribution >= 4 is 49.0 Å². The van der Waals surface area contributed by atoms with Gasteiger partial charge in [0.15, 0.2) is 0 Å². The van der Waals surface area contributed by atoms with Crippen molar-refractivity contribution in [2.45, 2.75) is 11.0 Å². The molecule has 2 heterocycles. The number of nitrogens with zero attached hydrogens (tertiary/aromatic N) is 1. The van der Waals surface area contributed by atoms with E-state index in [4.69, 9.17) is 22.1 Å². The van der Waals surface area contributed by atoms with Crippen LogP contribution in [0.15, 0.2) is 53.4 Å². The van der Waals surface area contributed by atoms with Crippen molar-refractivity contribution in [2.75, 3.05) is 19.7 Å². The minimum Gasteiger partial charge on any atom is -0.371 e. The highest BCUT2D eigenvalue weighted by atomic mass is 35.5. The van der Waals surface area contributed by atoms with Gasteiger partial charge in [-0.3, -0.25) is 4.79 Å².